The number of nitrogens with zero attached hydrogens (tertiary/aromatic N) is 1. The van der Waals surface area contributed by atoms with Crippen LogP contribution in [0.2, 0.25) is 0 Å². The van der Waals surface area contributed by atoms with E-state index >= 15 is 0 Å². The Labute approximate surface area is 122 Å². The molecule has 0 amide bonds. The Morgan fingerprint density at radius 1 is 1.25 bits per heavy atom. The second kappa shape index (κ2) is 8.28. The second-order valence-corrected chi connectivity index (χ2v) is 5.50. The molecule has 0 radical (unpaired) electrons. The Balaban J connectivity index is 1.76. The fourth-order valence-electron chi connectivity index (χ4n) is 2.53. The molecule has 0 aliphatic carbocycles. The maximum atomic E-state index is 5.99. The molecule has 1 aromatic carbocycles. The molecule has 20 heavy (non-hydrogen) atoms. The van der Waals surface area contributed by atoms with Crippen LogP contribution in [-0.4, -0.2) is 44.4 Å². The summed E-state index contributed by atoms with van der Waals surface area (Å²) < 4.78 is 11.4. The molecule has 0 N–H and O–H groups in total. The van der Waals surface area contributed by atoms with Crippen LogP contribution in [0.25, 0.3) is 0 Å². The zero-order valence-electron chi connectivity index (χ0n) is 12.8. The Kier molecular flexibility index (Phi) is 6.34. The van der Waals surface area contributed by atoms with Crippen molar-refractivity contribution in [3.63, 3.8) is 0 Å². The average molecular weight is 277 g/mol. The molecule has 0 unspecified atom stereocenters. The first-order valence-electron chi connectivity index (χ1n) is 7.83. The van der Waals surface area contributed by atoms with Gasteiger partial charge in [-0.15, -0.1) is 0 Å². The topological polar surface area (TPSA) is 21.7 Å². The Morgan fingerprint density at radius 3 is 2.75 bits per heavy atom. The molecule has 1 fully saturated rings. The third-order valence-electron chi connectivity index (χ3n) is 4.04. The van der Waals surface area contributed by atoms with Gasteiger partial charge in [0.15, 0.2) is 0 Å². The standard InChI is InChI=1S/C17H27NO2/c1-3-15(2)16-7-4-5-8-17(16)20-12-6-9-18-10-13-19-14-11-18/h4-5,7-8,15H,3,6,9-14H2,1-2H3/t15-/m1/s1. The van der Waals surface area contributed by atoms with Crippen molar-refractivity contribution in [3.05, 3.63) is 29.8 Å². The van der Waals surface area contributed by atoms with Gasteiger partial charge >= 0.3 is 0 Å². The monoisotopic (exact) mass is 277 g/mol. The Morgan fingerprint density at radius 2 is 2.00 bits per heavy atom. The number of para-hydroxylation sites is 1. The number of ether oxygens (including phenoxy) is 2. The van der Waals surface area contributed by atoms with Gasteiger partial charge in [-0.05, 0) is 30.4 Å². The van der Waals surface area contributed by atoms with Crippen molar-refractivity contribution in [2.75, 3.05) is 39.5 Å². The summed E-state index contributed by atoms with van der Waals surface area (Å²) >= 11 is 0. The first-order chi connectivity index (χ1) is 9.81. The number of morpholine rings is 1. The normalized spacial score (nSPS) is 17.9. The summed E-state index contributed by atoms with van der Waals surface area (Å²) in [6, 6.07) is 8.44. The van der Waals surface area contributed by atoms with Crippen LogP contribution in [0, 0.1) is 0 Å². The van der Waals surface area contributed by atoms with Gasteiger partial charge in [0.05, 0.1) is 19.8 Å². The van der Waals surface area contributed by atoms with Gasteiger partial charge in [-0.2, -0.15) is 0 Å². The second-order valence-electron chi connectivity index (χ2n) is 5.50. The van der Waals surface area contributed by atoms with Crippen molar-refractivity contribution in [2.45, 2.75) is 32.6 Å². The van der Waals surface area contributed by atoms with E-state index in [4.69, 9.17) is 9.47 Å². The van der Waals surface area contributed by atoms with Crippen LogP contribution in [0.5, 0.6) is 5.75 Å². The quantitative estimate of drug-likeness (QED) is 0.714. The van der Waals surface area contributed by atoms with E-state index in [9.17, 15) is 0 Å². The van der Waals surface area contributed by atoms with Crippen LogP contribution in [-0.2, 0) is 4.74 Å². The lowest BCUT2D eigenvalue weighted by Gasteiger charge is -2.26. The third-order valence-corrected chi connectivity index (χ3v) is 4.04. The third kappa shape index (κ3) is 4.50. The van der Waals surface area contributed by atoms with Crippen molar-refractivity contribution in [1.29, 1.82) is 0 Å². The molecule has 3 heteroatoms. The Hall–Kier alpha value is -1.06. The summed E-state index contributed by atoms with van der Waals surface area (Å²) in [5, 5.41) is 0. The van der Waals surface area contributed by atoms with Crippen LogP contribution in [0.1, 0.15) is 38.2 Å². The molecule has 112 valence electrons. The van der Waals surface area contributed by atoms with Crippen molar-refractivity contribution in [2.24, 2.45) is 0 Å². The first kappa shape index (κ1) is 15.3. The Bertz CT molecular complexity index is 388. The van der Waals surface area contributed by atoms with Gasteiger partial charge in [-0.1, -0.05) is 32.0 Å². The van der Waals surface area contributed by atoms with Crippen LogP contribution in [0.15, 0.2) is 24.3 Å². The molecule has 2 rings (SSSR count). The lowest BCUT2D eigenvalue weighted by atomic mass is 9.98. The molecule has 1 aliphatic heterocycles. The van der Waals surface area contributed by atoms with Gasteiger partial charge in [0.2, 0.25) is 0 Å². The SMILES string of the molecule is CC[C@@H](C)c1ccccc1OCCCN1CCOCC1. The molecule has 0 aromatic heterocycles. The molecular weight excluding hydrogens is 250 g/mol. The maximum absolute atomic E-state index is 5.99. The van der Waals surface area contributed by atoms with Crippen LogP contribution in [0.3, 0.4) is 0 Å². The molecule has 0 bridgehead atoms. The van der Waals surface area contributed by atoms with Gasteiger partial charge in [0, 0.05) is 19.6 Å². The molecule has 0 saturated carbocycles. The molecule has 1 saturated heterocycles. The first-order valence-corrected chi connectivity index (χ1v) is 7.83. The number of rotatable bonds is 7. The van der Waals surface area contributed by atoms with Gasteiger partial charge in [0.1, 0.15) is 5.75 Å². The van der Waals surface area contributed by atoms with Gasteiger partial charge < -0.3 is 9.47 Å². The van der Waals surface area contributed by atoms with Crippen LogP contribution < -0.4 is 4.74 Å². The number of benzene rings is 1. The molecule has 1 aliphatic rings. The van der Waals surface area contributed by atoms with Gasteiger partial charge in [-0.25, -0.2) is 0 Å². The molecule has 1 heterocycles. The maximum Gasteiger partial charge on any atom is 0.122 e. The van der Waals surface area contributed by atoms with E-state index in [1.165, 1.54) is 5.56 Å². The highest BCUT2D eigenvalue weighted by atomic mass is 16.5. The average Bonchev–Trinajstić information content (AvgIpc) is 2.52. The van der Waals surface area contributed by atoms with Crippen LogP contribution >= 0.6 is 0 Å². The summed E-state index contributed by atoms with van der Waals surface area (Å²) in [5.41, 5.74) is 1.33. The van der Waals surface area contributed by atoms with Crippen molar-refractivity contribution < 1.29 is 9.47 Å². The van der Waals surface area contributed by atoms with E-state index < -0.39 is 0 Å². The van der Waals surface area contributed by atoms with E-state index in [-0.39, 0.29) is 0 Å². The van der Waals surface area contributed by atoms with E-state index in [0.29, 0.717) is 5.92 Å². The molecular formula is C17H27NO2. The van der Waals surface area contributed by atoms with Crippen molar-refractivity contribution in [1.82, 2.24) is 4.90 Å². The van der Waals surface area contributed by atoms with Gasteiger partial charge in [-0.3, -0.25) is 4.90 Å². The predicted molar refractivity (Wildman–Crippen MR) is 82.5 cm³/mol. The van der Waals surface area contributed by atoms with E-state index in [1.54, 1.807) is 0 Å². The summed E-state index contributed by atoms with van der Waals surface area (Å²) in [6.07, 6.45) is 2.23. The fraction of sp³-hybridized carbons (Fsp3) is 0.647. The lowest BCUT2D eigenvalue weighted by Crippen LogP contribution is -2.37. The minimum atomic E-state index is 0.561. The zero-order valence-corrected chi connectivity index (χ0v) is 12.8. The van der Waals surface area contributed by atoms with Crippen LogP contribution in [0.4, 0.5) is 0 Å². The number of hydrogen-bond donors (Lipinski definition) is 0. The highest BCUT2D eigenvalue weighted by Crippen LogP contribution is 2.28. The largest absolute Gasteiger partial charge is 0.493 e. The lowest BCUT2D eigenvalue weighted by molar-refractivity contribution is 0.0357. The van der Waals surface area contributed by atoms with Crippen molar-refractivity contribution in [3.8, 4) is 5.75 Å². The minimum absolute atomic E-state index is 0.561. The fourth-order valence-corrected chi connectivity index (χ4v) is 2.53. The summed E-state index contributed by atoms with van der Waals surface area (Å²) in [7, 11) is 0. The molecule has 0 spiro atoms. The van der Waals surface area contributed by atoms with Gasteiger partial charge in [0.25, 0.3) is 0 Å². The number of hydrogen-bond acceptors (Lipinski definition) is 3. The van der Waals surface area contributed by atoms with E-state index in [0.717, 1.165) is 58.0 Å². The predicted octanol–water partition coefficient (Wildman–Crippen LogP) is 3.30. The summed E-state index contributed by atoms with van der Waals surface area (Å²) in [4.78, 5) is 2.45. The minimum Gasteiger partial charge on any atom is -0.493 e. The highest BCUT2D eigenvalue weighted by Gasteiger charge is 2.11. The molecule has 3 nitrogen and oxygen atoms in total. The van der Waals surface area contributed by atoms with E-state index in [2.05, 4.69) is 43.0 Å². The molecule has 1 atom stereocenters. The zero-order chi connectivity index (χ0) is 14.2. The van der Waals surface area contributed by atoms with E-state index in [1.807, 2.05) is 0 Å². The van der Waals surface area contributed by atoms with Crippen molar-refractivity contribution >= 4 is 0 Å². The smallest absolute Gasteiger partial charge is 0.122 e. The highest BCUT2D eigenvalue weighted by molar-refractivity contribution is 5.35. The summed E-state index contributed by atoms with van der Waals surface area (Å²) in [6.45, 7) is 10.2. The summed E-state index contributed by atoms with van der Waals surface area (Å²) in [5.74, 6) is 1.62. The molecule has 1 aromatic rings.